The van der Waals surface area contributed by atoms with Gasteiger partial charge < -0.3 is 5.32 Å². The first-order valence-corrected chi connectivity index (χ1v) is 10.7. The van der Waals surface area contributed by atoms with Gasteiger partial charge in [0.05, 0.1) is 10.2 Å². The molecule has 5 aromatic rings. The van der Waals surface area contributed by atoms with Crippen LogP contribution in [0.4, 0.5) is 5.69 Å². The normalized spacial score (nSPS) is 11.4. The Kier molecular flexibility index (Phi) is 4.18. The number of hydrogen-bond acceptors (Lipinski definition) is 6. The number of fused-ring (bicyclic) bond motifs is 2. The van der Waals surface area contributed by atoms with Gasteiger partial charge in [0.1, 0.15) is 15.7 Å². The minimum Gasteiger partial charge on any atom is -0.321 e. The predicted octanol–water partition coefficient (Wildman–Crippen LogP) is 5.25. The summed E-state index contributed by atoms with van der Waals surface area (Å²) in [5, 5.41) is 12.1. The first-order valence-electron chi connectivity index (χ1n) is 9.10. The fraction of sp³-hybridized carbons (Fsp3) is 0.143. The molecule has 0 bridgehead atoms. The van der Waals surface area contributed by atoms with Gasteiger partial charge in [-0.1, -0.05) is 17.4 Å². The van der Waals surface area contributed by atoms with Gasteiger partial charge in [0.25, 0.3) is 5.91 Å². The second kappa shape index (κ2) is 6.75. The van der Waals surface area contributed by atoms with Crippen LogP contribution in [0.3, 0.4) is 0 Å². The predicted molar refractivity (Wildman–Crippen MR) is 118 cm³/mol. The Morgan fingerprint density at radius 3 is 2.55 bits per heavy atom. The molecule has 6 nitrogen and oxygen atoms in total. The Morgan fingerprint density at radius 1 is 1.00 bits per heavy atom. The molecule has 1 N–H and O–H groups in total. The van der Waals surface area contributed by atoms with Gasteiger partial charge in [0, 0.05) is 16.9 Å². The van der Waals surface area contributed by atoms with Crippen LogP contribution in [0, 0.1) is 20.8 Å². The molecule has 0 saturated heterocycles. The van der Waals surface area contributed by atoms with Crippen molar-refractivity contribution < 1.29 is 4.79 Å². The number of amides is 1. The summed E-state index contributed by atoms with van der Waals surface area (Å²) in [6.07, 6.45) is 0. The Hall–Kier alpha value is -3.10. The molecule has 1 amide bonds. The molecule has 8 heteroatoms. The standard InChI is InChI=1S/C21H17N5OS2/c1-11-4-9-16-17(10-11)28-20(23-16)14-5-7-15(8-6-14)22-19(27)18-12(2)26-13(3)24-25-21(26)29-18/h4-10H,1-3H3,(H,22,27). The van der Waals surface area contributed by atoms with Crippen molar-refractivity contribution >= 4 is 49.4 Å². The highest BCUT2D eigenvalue weighted by Gasteiger charge is 2.18. The van der Waals surface area contributed by atoms with Gasteiger partial charge in [-0.15, -0.1) is 21.5 Å². The van der Waals surface area contributed by atoms with E-state index in [0.717, 1.165) is 38.3 Å². The van der Waals surface area contributed by atoms with Gasteiger partial charge in [-0.3, -0.25) is 9.20 Å². The molecule has 29 heavy (non-hydrogen) atoms. The van der Waals surface area contributed by atoms with Gasteiger partial charge in [-0.25, -0.2) is 4.98 Å². The molecular weight excluding hydrogens is 402 g/mol. The van der Waals surface area contributed by atoms with Crippen molar-refractivity contribution in [1.82, 2.24) is 19.6 Å². The molecule has 0 saturated carbocycles. The Labute approximate surface area is 174 Å². The number of hydrogen-bond donors (Lipinski definition) is 1. The summed E-state index contributed by atoms with van der Waals surface area (Å²) in [6.45, 7) is 5.87. The van der Waals surface area contributed by atoms with Crippen LogP contribution >= 0.6 is 22.7 Å². The molecule has 0 atom stereocenters. The van der Waals surface area contributed by atoms with Crippen LogP contribution in [0.25, 0.3) is 25.7 Å². The zero-order valence-electron chi connectivity index (χ0n) is 16.1. The molecule has 3 heterocycles. The Balaban J connectivity index is 1.39. The smallest absolute Gasteiger partial charge is 0.267 e. The third-order valence-electron chi connectivity index (χ3n) is 4.79. The molecule has 0 radical (unpaired) electrons. The summed E-state index contributed by atoms with van der Waals surface area (Å²) in [7, 11) is 0. The van der Waals surface area contributed by atoms with E-state index in [-0.39, 0.29) is 5.91 Å². The lowest BCUT2D eigenvalue weighted by Gasteiger charge is -2.05. The highest BCUT2D eigenvalue weighted by molar-refractivity contribution is 7.21. The van der Waals surface area contributed by atoms with E-state index in [2.05, 4.69) is 40.6 Å². The lowest BCUT2D eigenvalue weighted by Crippen LogP contribution is -2.12. The van der Waals surface area contributed by atoms with Crippen LogP contribution in [0.5, 0.6) is 0 Å². The highest BCUT2D eigenvalue weighted by atomic mass is 32.1. The SMILES string of the molecule is Cc1ccc2nc(-c3ccc(NC(=O)c4sc5nnc(C)n5c4C)cc3)sc2c1. The molecule has 0 aliphatic carbocycles. The van der Waals surface area contributed by atoms with E-state index in [9.17, 15) is 4.79 Å². The first kappa shape index (κ1) is 18.0. The maximum Gasteiger partial charge on any atom is 0.267 e. The number of anilines is 1. The third kappa shape index (κ3) is 3.10. The fourth-order valence-corrected chi connectivity index (χ4v) is 5.39. The van der Waals surface area contributed by atoms with Crippen molar-refractivity contribution in [1.29, 1.82) is 0 Å². The van der Waals surface area contributed by atoms with E-state index in [0.29, 0.717) is 4.88 Å². The van der Waals surface area contributed by atoms with Crippen LogP contribution in [-0.2, 0) is 0 Å². The quantitative estimate of drug-likeness (QED) is 0.434. The first-order chi connectivity index (χ1) is 14.0. The van der Waals surface area contributed by atoms with E-state index in [1.165, 1.54) is 21.6 Å². The summed E-state index contributed by atoms with van der Waals surface area (Å²) in [5.41, 5.74) is 4.88. The molecule has 0 unspecified atom stereocenters. The Bertz CT molecular complexity index is 1380. The molecule has 0 aliphatic rings. The zero-order chi connectivity index (χ0) is 20.1. The van der Waals surface area contributed by atoms with Crippen molar-refractivity contribution in [2.24, 2.45) is 0 Å². The minimum absolute atomic E-state index is 0.138. The van der Waals surface area contributed by atoms with Crippen LogP contribution in [-0.4, -0.2) is 25.5 Å². The van der Waals surface area contributed by atoms with E-state index >= 15 is 0 Å². The maximum absolute atomic E-state index is 12.7. The van der Waals surface area contributed by atoms with Crippen LogP contribution in [0.2, 0.25) is 0 Å². The molecule has 0 fully saturated rings. The molecule has 144 valence electrons. The summed E-state index contributed by atoms with van der Waals surface area (Å²) in [6, 6.07) is 14.1. The molecule has 0 spiro atoms. The topological polar surface area (TPSA) is 72.2 Å². The number of nitrogens with one attached hydrogen (secondary N) is 1. The zero-order valence-corrected chi connectivity index (χ0v) is 17.7. The fourth-order valence-electron chi connectivity index (χ4n) is 3.31. The number of aryl methyl sites for hydroxylation is 3. The van der Waals surface area contributed by atoms with Crippen molar-refractivity contribution in [3.8, 4) is 10.6 Å². The number of carbonyl (C=O) groups excluding carboxylic acids is 1. The van der Waals surface area contributed by atoms with Crippen molar-refractivity contribution in [2.45, 2.75) is 20.8 Å². The van der Waals surface area contributed by atoms with E-state index in [1.54, 1.807) is 11.3 Å². The number of thiazole rings is 2. The van der Waals surface area contributed by atoms with Crippen molar-refractivity contribution in [3.63, 3.8) is 0 Å². The molecule has 3 aromatic heterocycles. The van der Waals surface area contributed by atoms with Crippen molar-refractivity contribution in [2.75, 3.05) is 5.32 Å². The summed E-state index contributed by atoms with van der Waals surface area (Å²) in [5.74, 6) is 0.642. The van der Waals surface area contributed by atoms with Crippen molar-refractivity contribution in [3.05, 3.63) is 64.4 Å². The molecular formula is C21H17N5OS2. The lowest BCUT2D eigenvalue weighted by molar-refractivity contribution is 0.102. The van der Waals surface area contributed by atoms with E-state index < -0.39 is 0 Å². The number of nitrogens with zero attached hydrogens (tertiary/aromatic N) is 4. The van der Waals surface area contributed by atoms with Gasteiger partial charge in [0.2, 0.25) is 4.96 Å². The van der Waals surface area contributed by atoms with Gasteiger partial charge in [-0.05, 0) is 62.7 Å². The van der Waals surface area contributed by atoms with E-state index in [1.807, 2.05) is 42.5 Å². The average Bonchev–Trinajstić information content (AvgIpc) is 3.37. The summed E-state index contributed by atoms with van der Waals surface area (Å²) >= 11 is 3.02. The monoisotopic (exact) mass is 419 g/mol. The second-order valence-electron chi connectivity index (χ2n) is 6.90. The van der Waals surface area contributed by atoms with Crippen LogP contribution in [0.1, 0.15) is 26.8 Å². The second-order valence-corrected chi connectivity index (χ2v) is 8.91. The maximum atomic E-state index is 12.7. The number of benzene rings is 2. The Morgan fingerprint density at radius 2 is 1.79 bits per heavy atom. The number of carbonyl (C=O) groups is 1. The average molecular weight is 420 g/mol. The summed E-state index contributed by atoms with van der Waals surface area (Å²) < 4.78 is 3.08. The number of rotatable bonds is 3. The highest BCUT2D eigenvalue weighted by Crippen LogP contribution is 2.31. The van der Waals surface area contributed by atoms with Gasteiger partial charge >= 0.3 is 0 Å². The lowest BCUT2D eigenvalue weighted by atomic mass is 10.2. The largest absolute Gasteiger partial charge is 0.321 e. The van der Waals surface area contributed by atoms with Gasteiger partial charge in [-0.2, -0.15) is 0 Å². The number of aromatic nitrogens is 4. The van der Waals surface area contributed by atoms with Crippen LogP contribution < -0.4 is 5.32 Å². The molecule has 5 rings (SSSR count). The molecule has 0 aliphatic heterocycles. The van der Waals surface area contributed by atoms with E-state index in [4.69, 9.17) is 4.98 Å². The summed E-state index contributed by atoms with van der Waals surface area (Å²) in [4.78, 5) is 18.8. The minimum atomic E-state index is -0.138. The van der Waals surface area contributed by atoms with Gasteiger partial charge in [0.15, 0.2) is 0 Å². The molecule has 2 aromatic carbocycles. The third-order valence-corrected chi connectivity index (χ3v) is 6.99. The van der Waals surface area contributed by atoms with Crippen LogP contribution in [0.15, 0.2) is 42.5 Å².